The van der Waals surface area contributed by atoms with Gasteiger partial charge < -0.3 is 33.2 Å². The molecule has 5 unspecified atom stereocenters. The van der Waals surface area contributed by atoms with E-state index in [-0.39, 0.29) is 12.4 Å². The summed E-state index contributed by atoms with van der Waals surface area (Å²) in [5, 5.41) is 0. The van der Waals surface area contributed by atoms with Crippen molar-refractivity contribution in [2.45, 2.75) is 65.3 Å². The van der Waals surface area contributed by atoms with Gasteiger partial charge in [-0.3, -0.25) is 19.2 Å². The third-order valence-electron chi connectivity index (χ3n) is 4.17. The number of ether oxygens (including phenoxy) is 7. The molecule has 0 saturated carbocycles. The first-order valence-electron chi connectivity index (χ1n) is 9.33. The fourth-order valence-electron chi connectivity index (χ4n) is 3.03. The topological polar surface area (TPSA) is 150 Å². The minimum atomic E-state index is -1.48. The van der Waals surface area contributed by atoms with Gasteiger partial charge in [0.2, 0.25) is 18.2 Å². The second-order valence-electron chi connectivity index (χ2n) is 6.87. The summed E-state index contributed by atoms with van der Waals surface area (Å²) in [5.74, 6) is -3.88. The van der Waals surface area contributed by atoms with Gasteiger partial charge in [0.25, 0.3) is 0 Å². The molecule has 12 nitrogen and oxygen atoms in total. The van der Waals surface area contributed by atoms with Crippen molar-refractivity contribution in [2.24, 2.45) is 0 Å². The minimum absolute atomic E-state index is 0.000553. The number of carbonyl (C=O) groups excluding carboxylic acids is 5. The molecule has 2 heterocycles. The minimum Gasteiger partial charge on any atom is -0.463 e. The van der Waals surface area contributed by atoms with Gasteiger partial charge in [0, 0.05) is 33.3 Å². The molecule has 0 N–H and O–H groups in total. The Bertz CT molecular complexity index is 785. The Morgan fingerprint density at radius 2 is 1.42 bits per heavy atom. The predicted octanol–water partition coefficient (Wildman–Crippen LogP) is -0.0831. The molecule has 31 heavy (non-hydrogen) atoms. The van der Waals surface area contributed by atoms with Gasteiger partial charge in [-0.15, -0.1) is 0 Å². The first-order valence-corrected chi connectivity index (χ1v) is 9.33. The highest BCUT2D eigenvalue weighted by Crippen LogP contribution is 2.32. The molecular weight excluding hydrogens is 420 g/mol. The molecule has 2 rings (SSSR count). The van der Waals surface area contributed by atoms with E-state index < -0.39 is 67.2 Å². The van der Waals surface area contributed by atoms with Crippen LogP contribution in [-0.2, 0) is 57.1 Å². The SMILES string of the molecule is CC(=O)OCC1OC(OC2=C(C)COC2=O)C(OC(C)=O)C(OC(C)=O)C1OC(C)=O. The van der Waals surface area contributed by atoms with Crippen molar-refractivity contribution in [1.29, 1.82) is 0 Å². The highest BCUT2D eigenvalue weighted by atomic mass is 16.7. The van der Waals surface area contributed by atoms with Crippen LogP contribution in [0.5, 0.6) is 0 Å². The summed E-state index contributed by atoms with van der Waals surface area (Å²) in [6.07, 6.45) is -6.77. The lowest BCUT2D eigenvalue weighted by molar-refractivity contribution is -0.299. The van der Waals surface area contributed by atoms with Crippen LogP contribution in [-0.4, -0.2) is 73.8 Å². The van der Waals surface area contributed by atoms with Crippen molar-refractivity contribution in [3.8, 4) is 0 Å². The van der Waals surface area contributed by atoms with E-state index in [1.54, 1.807) is 6.92 Å². The van der Waals surface area contributed by atoms with E-state index >= 15 is 0 Å². The summed E-state index contributed by atoms with van der Waals surface area (Å²) < 4.78 is 37.0. The molecule has 0 bridgehead atoms. The standard InChI is InChI=1S/C19H24O12/c1-8-6-26-18(24)14(8)31-19-17(29-12(5)23)16(28-11(4)22)15(27-10(3)21)13(30-19)7-25-9(2)20/h13,15-17,19H,6-7H2,1-5H3. The summed E-state index contributed by atoms with van der Waals surface area (Å²) in [6.45, 7) is 5.65. The van der Waals surface area contributed by atoms with Crippen LogP contribution in [0.25, 0.3) is 0 Å². The monoisotopic (exact) mass is 444 g/mol. The van der Waals surface area contributed by atoms with Crippen molar-refractivity contribution in [1.82, 2.24) is 0 Å². The average Bonchev–Trinajstić information content (AvgIpc) is 2.95. The maximum absolute atomic E-state index is 12.0. The third-order valence-corrected chi connectivity index (χ3v) is 4.17. The van der Waals surface area contributed by atoms with Gasteiger partial charge in [-0.2, -0.15) is 0 Å². The fourth-order valence-corrected chi connectivity index (χ4v) is 3.03. The van der Waals surface area contributed by atoms with Gasteiger partial charge >= 0.3 is 29.8 Å². The van der Waals surface area contributed by atoms with Crippen LogP contribution in [0, 0.1) is 0 Å². The van der Waals surface area contributed by atoms with Crippen LogP contribution < -0.4 is 0 Å². The third kappa shape index (κ3) is 6.41. The number of rotatable bonds is 7. The highest BCUT2D eigenvalue weighted by Gasteiger charge is 2.54. The van der Waals surface area contributed by atoms with Crippen LogP contribution in [0.3, 0.4) is 0 Å². The van der Waals surface area contributed by atoms with E-state index in [1.807, 2.05) is 0 Å². The lowest BCUT2D eigenvalue weighted by Crippen LogP contribution is -2.63. The van der Waals surface area contributed by atoms with Gasteiger partial charge in [-0.1, -0.05) is 0 Å². The molecule has 0 radical (unpaired) electrons. The predicted molar refractivity (Wildman–Crippen MR) is 96.7 cm³/mol. The van der Waals surface area contributed by atoms with E-state index in [4.69, 9.17) is 33.2 Å². The van der Waals surface area contributed by atoms with Crippen molar-refractivity contribution in [3.63, 3.8) is 0 Å². The lowest BCUT2D eigenvalue weighted by atomic mass is 9.98. The number of hydrogen-bond acceptors (Lipinski definition) is 12. The Labute approximate surface area is 177 Å². The average molecular weight is 444 g/mol. The summed E-state index contributed by atoms with van der Waals surface area (Å²) >= 11 is 0. The zero-order chi connectivity index (χ0) is 23.3. The molecule has 2 aliphatic heterocycles. The normalized spacial score (nSPS) is 27.8. The molecule has 1 fully saturated rings. The molecule has 0 aliphatic carbocycles. The molecule has 12 heteroatoms. The van der Waals surface area contributed by atoms with Crippen LogP contribution in [0.1, 0.15) is 34.6 Å². The first-order chi connectivity index (χ1) is 14.5. The Balaban J connectivity index is 2.45. The smallest absolute Gasteiger partial charge is 0.374 e. The molecule has 1 saturated heterocycles. The van der Waals surface area contributed by atoms with E-state index in [9.17, 15) is 24.0 Å². The zero-order valence-corrected chi connectivity index (χ0v) is 17.7. The Morgan fingerprint density at radius 3 is 1.90 bits per heavy atom. The zero-order valence-electron chi connectivity index (χ0n) is 17.7. The van der Waals surface area contributed by atoms with Crippen LogP contribution in [0.2, 0.25) is 0 Å². The lowest BCUT2D eigenvalue weighted by Gasteiger charge is -2.43. The number of hydrogen-bond donors (Lipinski definition) is 0. The first kappa shape index (κ1) is 24.1. The van der Waals surface area contributed by atoms with Gasteiger partial charge in [-0.05, 0) is 6.92 Å². The van der Waals surface area contributed by atoms with Crippen LogP contribution in [0.15, 0.2) is 11.3 Å². The van der Waals surface area contributed by atoms with Crippen molar-refractivity contribution >= 4 is 29.8 Å². The molecule has 0 aromatic heterocycles. The van der Waals surface area contributed by atoms with Gasteiger partial charge in [0.05, 0.1) is 0 Å². The Hall–Kier alpha value is -3.15. The second-order valence-corrected chi connectivity index (χ2v) is 6.87. The van der Waals surface area contributed by atoms with Crippen LogP contribution >= 0.6 is 0 Å². The largest absolute Gasteiger partial charge is 0.463 e. The van der Waals surface area contributed by atoms with E-state index in [2.05, 4.69) is 0 Å². The molecular formula is C19H24O12. The van der Waals surface area contributed by atoms with E-state index in [0.29, 0.717) is 5.57 Å². The van der Waals surface area contributed by atoms with Gasteiger partial charge in [-0.25, -0.2) is 4.79 Å². The van der Waals surface area contributed by atoms with Crippen molar-refractivity contribution in [2.75, 3.05) is 13.2 Å². The number of esters is 5. The van der Waals surface area contributed by atoms with Crippen molar-refractivity contribution in [3.05, 3.63) is 11.3 Å². The molecule has 0 spiro atoms. The summed E-state index contributed by atoms with van der Waals surface area (Å²) in [6, 6.07) is 0. The fraction of sp³-hybridized carbons (Fsp3) is 0.632. The molecule has 2 aliphatic rings. The molecule has 172 valence electrons. The maximum atomic E-state index is 12.0. The summed E-state index contributed by atoms with van der Waals surface area (Å²) in [7, 11) is 0. The second kappa shape index (κ2) is 10.2. The molecule has 5 atom stereocenters. The summed E-state index contributed by atoms with van der Waals surface area (Å²) in [4.78, 5) is 58.4. The van der Waals surface area contributed by atoms with Gasteiger partial charge in [0.1, 0.15) is 19.3 Å². The number of carbonyl (C=O) groups is 5. The Kier molecular flexibility index (Phi) is 7.97. The summed E-state index contributed by atoms with van der Waals surface area (Å²) in [5.41, 5.74) is 0.456. The van der Waals surface area contributed by atoms with Crippen LogP contribution in [0.4, 0.5) is 0 Å². The number of cyclic esters (lactones) is 1. The maximum Gasteiger partial charge on any atom is 0.374 e. The van der Waals surface area contributed by atoms with E-state index in [1.165, 1.54) is 0 Å². The molecule has 0 aromatic carbocycles. The Morgan fingerprint density at radius 1 is 0.871 bits per heavy atom. The highest BCUT2D eigenvalue weighted by molar-refractivity contribution is 5.89. The van der Waals surface area contributed by atoms with E-state index in [0.717, 1.165) is 27.7 Å². The van der Waals surface area contributed by atoms with Gasteiger partial charge in [0.15, 0.2) is 12.2 Å². The molecule has 0 aromatic rings. The van der Waals surface area contributed by atoms with Crippen molar-refractivity contribution < 1.29 is 57.1 Å². The molecule has 0 amide bonds. The quantitative estimate of drug-likeness (QED) is 0.381.